The molecule has 1 atom stereocenters. The van der Waals surface area contributed by atoms with Gasteiger partial charge in [0.1, 0.15) is 0 Å². The van der Waals surface area contributed by atoms with Crippen molar-refractivity contribution in [2.75, 3.05) is 20.1 Å². The highest BCUT2D eigenvalue weighted by molar-refractivity contribution is 5.94. The Kier molecular flexibility index (Phi) is 5.16. The summed E-state index contributed by atoms with van der Waals surface area (Å²) in [4.78, 5) is 25.1. The van der Waals surface area contributed by atoms with E-state index in [0.29, 0.717) is 12.1 Å². The second kappa shape index (κ2) is 7.08. The average Bonchev–Trinajstić information content (AvgIpc) is 2.93. The van der Waals surface area contributed by atoms with Crippen LogP contribution in [-0.4, -0.2) is 43.0 Å². The van der Waals surface area contributed by atoms with Gasteiger partial charge < -0.3 is 21.3 Å². The van der Waals surface area contributed by atoms with E-state index in [0.717, 1.165) is 31.5 Å². The maximum Gasteiger partial charge on any atom is 0.312 e. The van der Waals surface area contributed by atoms with Crippen LogP contribution in [0.1, 0.15) is 28.8 Å². The molecule has 6 nitrogen and oxygen atoms in total. The van der Waals surface area contributed by atoms with Gasteiger partial charge in [-0.15, -0.1) is 0 Å². The molecule has 2 rings (SSSR count). The van der Waals surface area contributed by atoms with Crippen molar-refractivity contribution in [1.82, 2.24) is 15.5 Å². The number of urea groups is 1. The van der Waals surface area contributed by atoms with Crippen LogP contribution >= 0.6 is 0 Å². The number of nitrogens with one attached hydrogen (secondary N) is 2. The molecule has 21 heavy (non-hydrogen) atoms. The number of rotatable bonds is 5. The van der Waals surface area contributed by atoms with Crippen LogP contribution in [0.25, 0.3) is 0 Å². The fraction of sp³-hybridized carbons (Fsp3) is 0.467. The monoisotopic (exact) mass is 290 g/mol. The Morgan fingerprint density at radius 1 is 1.33 bits per heavy atom. The number of nitrogens with two attached hydrogens (primary N) is 1. The van der Waals surface area contributed by atoms with Crippen molar-refractivity contribution in [3.63, 3.8) is 0 Å². The van der Waals surface area contributed by atoms with Crippen molar-refractivity contribution in [3.8, 4) is 0 Å². The Morgan fingerprint density at radius 2 is 2.05 bits per heavy atom. The first kappa shape index (κ1) is 15.3. The smallest absolute Gasteiger partial charge is 0.312 e. The Labute approximate surface area is 124 Å². The zero-order valence-electron chi connectivity index (χ0n) is 12.3. The van der Waals surface area contributed by atoms with E-state index < -0.39 is 6.03 Å². The summed E-state index contributed by atoms with van der Waals surface area (Å²) >= 11 is 0. The number of benzene rings is 1. The maximum absolute atomic E-state index is 12.5. The van der Waals surface area contributed by atoms with Gasteiger partial charge in [0, 0.05) is 31.2 Å². The number of hydrogen-bond acceptors (Lipinski definition) is 3. The molecular formula is C15H22N4O2. The van der Waals surface area contributed by atoms with Gasteiger partial charge in [0.2, 0.25) is 0 Å². The molecule has 0 radical (unpaired) electrons. The minimum Gasteiger partial charge on any atom is -0.352 e. The predicted octanol–water partition coefficient (Wildman–Crippen LogP) is 0.679. The highest BCUT2D eigenvalue weighted by Crippen LogP contribution is 2.19. The molecule has 1 aliphatic rings. The summed E-state index contributed by atoms with van der Waals surface area (Å²) in [5, 5.41) is 5.66. The third-order valence-corrected chi connectivity index (χ3v) is 3.75. The van der Waals surface area contributed by atoms with Crippen molar-refractivity contribution in [2.24, 2.45) is 5.73 Å². The predicted molar refractivity (Wildman–Crippen MR) is 80.9 cm³/mol. The summed E-state index contributed by atoms with van der Waals surface area (Å²) in [6.45, 7) is 2.01. The number of hydrogen-bond donors (Lipinski definition) is 3. The lowest BCUT2D eigenvalue weighted by Gasteiger charge is -2.24. The minimum absolute atomic E-state index is 0.0714. The second-order valence-corrected chi connectivity index (χ2v) is 5.27. The SMILES string of the molecule is CNCC1CCCN1C(=O)c1ccc(CNC(N)=O)cc1. The maximum atomic E-state index is 12.5. The van der Waals surface area contributed by atoms with Crippen molar-refractivity contribution >= 4 is 11.9 Å². The number of likely N-dealkylation sites (tertiary alicyclic amines) is 1. The van der Waals surface area contributed by atoms with Crippen molar-refractivity contribution < 1.29 is 9.59 Å². The summed E-state index contributed by atoms with van der Waals surface area (Å²) in [5.41, 5.74) is 6.62. The van der Waals surface area contributed by atoms with E-state index in [4.69, 9.17) is 5.73 Å². The number of carbonyl (C=O) groups excluding carboxylic acids is 2. The van der Waals surface area contributed by atoms with Crippen LogP contribution in [0.15, 0.2) is 24.3 Å². The number of primary amides is 1. The molecule has 1 aliphatic heterocycles. The highest BCUT2D eigenvalue weighted by Gasteiger charge is 2.28. The molecule has 1 fully saturated rings. The van der Waals surface area contributed by atoms with Crippen molar-refractivity contribution in [2.45, 2.75) is 25.4 Å². The van der Waals surface area contributed by atoms with Crippen LogP contribution in [0, 0.1) is 0 Å². The first-order chi connectivity index (χ1) is 10.1. The van der Waals surface area contributed by atoms with Crippen molar-refractivity contribution in [3.05, 3.63) is 35.4 Å². The van der Waals surface area contributed by atoms with Gasteiger partial charge in [0.15, 0.2) is 0 Å². The molecule has 0 aliphatic carbocycles. The quantitative estimate of drug-likeness (QED) is 0.745. The van der Waals surface area contributed by atoms with E-state index in [9.17, 15) is 9.59 Å². The minimum atomic E-state index is -0.554. The first-order valence-corrected chi connectivity index (χ1v) is 7.19. The summed E-state index contributed by atoms with van der Waals surface area (Å²) in [6, 6.07) is 7.00. The van der Waals surface area contributed by atoms with E-state index in [1.165, 1.54) is 0 Å². The lowest BCUT2D eigenvalue weighted by molar-refractivity contribution is 0.0737. The molecule has 1 heterocycles. The summed E-state index contributed by atoms with van der Waals surface area (Å²) in [5.74, 6) is 0.0714. The summed E-state index contributed by atoms with van der Waals surface area (Å²) < 4.78 is 0. The van der Waals surface area contributed by atoms with Crippen LogP contribution < -0.4 is 16.4 Å². The first-order valence-electron chi connectivity index (χ1n) is 7.19. The van der Waals surface area contributed by atoms with Crippen LogP contribution in [0.2, 0.25) is 0 Å². The van der Waals surface area contributed by atoms with E-state index >= 15 is 0 Å². The topological polar surface area (TPSA) is 87.5 Å². The molecule has 0 spiro atoms. The highest BCUT2D eigenvalue weighted by atomic mass is 16.2. The molecule has 4 N–H and O–H groups in total. The Morgan fingerprint density at radius 3 is 2.67 bits per heavy atom. The van der Waals surface area contributed by atoms with Crippen LogP contribution in [0.3, 0.4) is 0 Å². The van der Waals surface area contributed by atoms with Gasteiger partial charge >= 0.3 is 6.03 Å². The zero-order valence-corrected chi connectivity index (χ0v) is 12.3. The van der Waals surface area contributed by atoms with Gasteiger partial charge in [-0.3, -0.25) is 4.79 Å². The van der Waals surface area contributed by atoms with Gasteiger partial charge in [0.05, 0.1) is 0 Å². The molecule has 0 aromatic heterocycles. The van der Waals surface area contributed by atoms with E-state index in [2.05, 4.69) is 10.6 Å². The molecule has 0 saturated carbocycles. The molecule has 0 bridgehead atoms. The lowest BCUT2D eigenvalue weighted by Crippen LogP contribution is -2.40. The largest absolute Gasteiger partial charge is 0.352 e. The Hall–Kier alpha value is -2.08. The standard InChI is InChI=1S/C15H22N4O2/c1-17-10-13-3-2-8-19(13)14(20)12-6-4-11(5-7-12)9-18-15(16)21/h4-7,13,17H,2-3,8-10H2,1H3,(H3,16,18,21). The molecule has 1 unspecified atom stereocenters. The number of nitrogens with zero attached hydrogens (tertiary/aromatic N) is 1. The molecule has 1 aromatic rings. The Balaban J connectivity index is 2.00. The molecular weight excluding hydrogens is 268 g/mol. The normalized spacial score (nSPS) is 17.8. The Bertz CT molecular complexity index is 501. The van der Waals surface area contributed by atoms with Crippen LogP contribution in [0.4, 0.5) is 4.79 Å². The van der Waals surface area contributed by atoms with Crippen LogP contribution in [0.5, 0.6) is 0 Å². The summed E-state index contributed by atoms with van der Waals surface area (Å²) in [6.07, 6.45) is 2.10. The molecule has 6 heteroatoms. The molecule has 114 valence electrons. The van der Waals surface area contributed by atoms with Gasteiger partial charge in [-0.05, 0) is 37.6 Å². The number of likely N-dealkylation sites (N-methyl/N-ethyl adjacent to an activating group) is 1. The average molecular weight is 290 g/mol. The number of carbonyl (C=O) groups is 2. The van der Waals surface area contributed by atoms with Gasteiger partial charge in [-0.1, -0.05) is 12.1 Å². The fourth-order valence-electron chi connectivity index (χ4n) is 2.67. The second-order valence-electron chi connectivity index (χ2n) is 5.27. The molecule has 3 amide bonds. The van der Waals surface area contributed by atoms with E-state index in [1.54, 1.807) is 12.1 Å². The lowest BCUT2D eigenvalue weighted by atomic mass is 10.1. The zero-order chi connectivity index (χ0) is 15.2. The summed E-state index contributed by atoms with van der Waals surface area (Å²) in [7, 11) is 1.90. The van der Waals surface area contributed by atoms with Gasteiger partial charge in [-0.2, -0.15) is 0 Å². The van der Waals surface area contributed by atoms with Crippen LogP contribution in [-0.2, 0) is 6.54 Å². The van der Waals surface area contributed by atoms with E-state index in [-0.39, 0.29) is 11.9 Å². The number of amides is 3. The van der Waals surface area contributed by atoms with Gasteiger partial charge in [0.25, 0.3) is 5.91 Å². The van der Waals surface area contributed by atoms with Crippen molar-refractivity contribution in [1.29, 1.82) is 0 Å². The fourth-order valence-corrected chi connectivity index (χ4v) is 2.67. The van der Waals surface area contributed by atoms with Gasteiger partial charge in [-0.25, -0.2) is 4.79 Å². The molecule has 1 saturated heterocycles. The third kappa shape index (κ3) is 3.95. The van der Waals surface area contributed by atoms with E-state index in [1.807, 2.05) is 24.1 Å². The third-order valence-electron chi connectivity index (χ3n) is 3.75. The molecule has 1 aromatic carbocycles.